The minimum Gasteiger partial charge on any atom is -0.353 e. The van der Waals surface area contributed by atoms with Gasteiger partial charge in [0.05, 0.1) is 0 Å². The van der Waals surface area contributed by atoms with E-state index in [4.69, 9.17) is 0 Å². The molecule has 1 amide bonds. The third-order valence-corrected chi connectivity index (χ3v) is 4.09. The zero-order valence-electron chi connectivity index (χ0n) is 12.0. The lowest BCUT2D eigenvalue weighted by atomic mass is 10.3. The van der Waals surface area contributed by atoms with Crippen LogP contribution in [0.2, 0.25) is 0 Å². The van der Waals surface area contributed by atoms with Gasteiger partial charge in [0.1, 0.15) is 0 Å². The Labute approximate surface area is 119 Å². The van der Waals surface area contributed by atoms with Crippen molar-refractivity contribution in [1.29, 1.82) is 0 Å². The van der Waals surface area contributed by atoms with Gasteiger partial charge in [0.25, 0.3) is 5.91 Å². The monoisotopic (exact) mass is 275 g/mol. The van der Waals surface area contributed by atoms with E-state index in [2.05, 4.69) is 27.0 Å². The number of likely N-dealkylation sites (tertiary alicyclic amines) is 1. The number of carbonyl (C=O) groups is 1. The second-order valence-electron chi connectivity index (χ2n) is 5.57. The van der Waals surface area contributed by atoms with Gasteiger partial charge in [-0.2, -0.15) is 0 Å². The molecule has 0 aromatic carbocycles. The zero-order chi connectivity index (χ0) is 13.9. The second kappa shape index (κ2) is 5.75. The maximum Gasteiger partial charge on any atom is 0.274 e. The molecule has 2 aliphatic heterocycles. The highest BCUT2D eigenvalue weighted by atomic mass is 16.2. The van der Waals surface area contributed by atoms with Gasteiger partial charge >= 0.3 is 0 Å². The van der Waals surface area contributed by atoms with Crippen LogP contribution in [0.3, 0.4) is 0 Å². The summed E-state index contributed by atoms with van der Waals surface area (Å²) in [5.74, 6) is 0.885. The van der Waals surface area contributed by atoms with Gasteiger partial charge in [0.2, 0.25) is 0 Å². The maximum absolute atomic E-state index is 12.2. The van der Waals surface area contributed by atoms with Crippen LogP contribution >= 0.6 is 0 Å². The van der Waals surface area contributed by atoms with E-state index in [0.717, 1.165) is 57.9 Å². The highest BCUT2D eigenvalue weighted by molar-refractivity contribution is 5.92. The second-order valence-corrected chi connectivity index (χ2v) is 5.57. The Hall–Kier alpha value is -1.69. The van der Waals surface area contributed by atoms with E-state index in [1.807, 2.05) is 11.0 Å². The van der Waals surface area contributed by atoms with Gasteiger partial charge in [0.15, 0.2) is 11.5 Å². The Morgan fingerprint density at radius 1 is 1.00 bits per heavy atom. The summed E-state index contributed by atoms with van der Waals surface area (Å²) in [5, 5.41) is 8.35. The molecule has 0 radical (unpaired) electrons. The van der Waals surface area contributed by atoms with E-state index < -0.39 is 0 Å². The molecule has 0 atom stereocenters. The van der Waals surface area contributed by atoms with Crippen LogP contribution in [-0.4, -0.2) is 72.2 Å². The van der Waals surface area contributed by atoms with Crippen molar-refractivity contribution in [3.63, 3.8) is 0 Å². The van der Waals surface area contributed by atoms with Crippen LogP contribution in [0.25, 0.3) is 0 Å². The molecule has 1 aromatic rings. The van der Waals surface area contributed by atoms with E-state index in [1.165, 1.54) is 0 Å². The summed E-state index contributed by atoms with van der Waals surface area (Å²) in [6, 6.07) is 3.73. The molecule has 20 heavy (non-hydrogen) atoms. The van der Waals surface area contributed by atoms with Crippen molar-refractivity contribution in [2.75, 3.05) is 51.2 Å². The minimum absolute atomic E-state index is 0.0138. The van der Waals surface area contributed by atoms with E-state index in [0.29, 0.717) is 5.69 Å². The lowest BCUT2D eigenvalue weighted by Crippen LogP contribution is -2.44. The molecule has 2 fully saturated rings. The highest BCUT2D eigenvalue weighted by Gasteiger charge is 2.21. The van der Waals surface area contributed by atoms with Crippen molar-refractivity contribution in [3.05, 3.63) is 17.8 Å². The number of hydrogen-bond donors (Lipinski definition) is 0. The van der Waals surface area contributed by atoms with Crippen LogP contribution in [-0.2, 0) is 0 Å². The molecule has 2 saturated heterocycles. The Bertz CT molecular complexity index is 461. The largest absolute Gasteiger partial charge is 0.353 e. The summed E-state index contributed by atoms with van der Waals surface area (Å²) in [5.41, 5.74) is 0.463. The highest BCUT2D eigenvalue weighted by Crippen LogP contribution is 2.15. The molecule has 3 heterocycles. The summed E-state index contributed by atoms with van der Waals surface area (Å²) in [6.07, 6.45) is 2.19. The molecule has 1 aromatic heterocycles. The van der Waals surface area contributed by atoms with Crippen LogP contribution in [0.15, 0.2) is 12.1 Å². The maximum atomic E-state index is 12.2. The van der Waals surface area contributed by atoms with E-state index in [-0.39, 0.29) is 5.91 Å². The first-order valence-electron chi connectivity index (χ1n) is 7.30. The molecule has 6 heteroatoms. The number of piperazine rings is 1. The summed E-state index contributed by atoms with van der Waals surface area (Å²) >= 11 is 0. The van der Waals surface area contributed by atoms with Crippen LogP contribution in [0.5, 0.6) is 0 Å². The quantitative estimate of drug-likeness (QED) is 0.785. The van der Waals surface area contributed by atoms with Gasteiger partial charge in [-0.25, -0.2) is 0 Å². The molecular formula is C14H21N5O. The average Bonchev–Trinajstić information content (AvgIpc) is 3.02. The van der Waals surface area contributed by atoms with Gasteiger partial charge in [0, 0.05) is 39.3 Å². The van der Waals surface area contributed by atoms with E-state index in [9.17, 15) is 4.79 Å². The number of rotatable bonds is 2. The van der Waals surface area contributed by atoms with Gasteiger partial charge in [-0.05, 0) is 32.0 Å². The third kappa shape index (κ3) is 2.75. The summed E-state index contributed by atoms with van der Waals surface area (Å²) in [4.78, 5) is 18.6. The van der Waals surface area contributed by atoms with Crippen LogP contribution in [0.1, 0.15) is 23.3 Å². The fraction of sp³-hybridized carbons (Fsp3) is 0.643. The predicted molar refractivity (Wildman–Crippen MR) is 76.9 cm³/mol. The SMILES string of the molecule is CN1CCN(c2ccc(C(=O)N3CCCC3)nn2)CC1. The number of carbonyl (C=O) groups excluding carboxylic acids is 1. The molecule has 0 saturated carbocycles. The Kier molecular flexibility index (Phi) is 3.82. The van der Waals surface area contributed by atoms with Crippen molar-refractivity contribution < 1.29 is 4.79 Å². The van der Waals surface area contributed by atoms with Crippen LogP contribution < -0.4 is 4.90 Å². The topological polar surface area (TPSA) is 52.6 Å². The van der Waals surface area contributed by atoms with Crippen molar-refractivity contribution in [1.82, 2.24) is 20.0 Å². The fourth-order valence-electron chi connectivity index (χ4n) is 2.73. The Morgan fingerprint density at radius 2 is 1.70 bits per heavy atom. The molecule has 0 spiro atoms. The molecule has 0 bridgehead atoms. The number of anilines is 1. The van der Waals surface area contributed by atoms with Crippen molar-refractivity contribution >= 4 is 11.7 Å². The standard InChI is InChI=1S/C14H21N5O/c1-17-8-10-18(11-9-17)13-5-4-12(15-16-13)14(20)19-6-2-3-7-19/h4-5H,2-3,6-11H2,1H3. The lowest BCUT2D eigenvalue weighted by molar-refractivity contribution is 0.0786. The summed E-state index contributed by atoms with van der Waals surface area (Å²) < 4.78 is 0. The van der Waals surface area contributed by atoms with E-state index >= 15 is 0 Å². The first-order valence-corrected chi connectivity index (χ1v) is 7.30. The van der Waals surface area contributed by atoms with Gasteiger partial charge in [-0.15, -0.1) is 10.2 Å². The third-order valence-electron chi connectivity index (χ3n) is 4.09. The molecule has 108 valence electrons. The number of aromatic nitrogens is 2. The lowest BCUT2D eigenvalue weighted by Gasteiger charge is -2.32. The van der Waals surface area contributed by atoms with Crippen LogP contribution in [0.4, 0.5) is 5.82 Å². The smallest absolute Gasteiger partial charge is 0.274 e. The van der Waals surface area contributed by atoms with Crippen molar-refractivity contribution in [2.45, 2.75) is 12.8 Å². The average molecular weight is 275 g/mol. The van der Waals surface area contributed by atoms with Crippen molar-refractivity contribution in [2.24, 2.45) is 0 Å². The number of hydrogen-bond acceptors (Lipinski definition) is 5. The molecule has 0 aliphatic carbocycles. The molecule has 3 rings (SSSR count). The number of nitrogens with zero attached hydrogens (tertiary/aromatic N) is 5. The first-order chi connectivity index (χ1) is 9.74. The fourth-order valence-corrected chi connectivity index (χ4v) is 2.73. The van der Waals surface area contributed by atoms with Crippen molar-refractivity contribution in [3.8, 4) is 0 Å². The zero-order valence-corrected chi connectivity index (χ0v) is 12.0. The number of amides is 1. The molecule has 6 nitrogen and oxygen atoms in total. The van der Waals surface area contributed by atoms with Crippen LogP contribution in [0, 0.1) is 0 Å². The van der Waals surface area contributed by atoms with Gasteiger partial charge in [-0.3, -0.25) is 4.79 Å². The Balaban J connectivity index is 1.66. The Morgan fingerprint density at radius 3 is 2.30 bits per heavy atom. The normalized spacial score (nSPS) is 20.4. The van der Waals surface area contributed by atoms with Gasteiger partial charge in [-0.1, -0.05) is 0 Å². The molecule has 0 N–H and O–H groups in total. The summed E-state index contributed by atoms with van der Waals surface area (Å²) in [7, 11) is 2.13. The summed E-state index contributed by atoms with van der Waals surface area (Å²) in [6.45, 7) is 5.70. The minimum atomic E-state index is 0.0138. The number of likely N-dealkylation sites (N-methyl/N-ethyl adjacent to an activating group) is 1. The molecule has 2 aliphatic rings. The molecular weight excluding hydrogens is 254 g/mol. The first kappa shape index (κ1) is 13.3. The molecule has 0 unspecified atom stereocenters. The van der Waals surface area contributed by atoms with E-state index in [1.54, 1.807) is 6.07 Å². The predicted octanol–water partition coefficient (Wildman–Crippen LogP) is 0.464. The van der Waals surface area contributed by atoms with Gasteiger partial charge < -0.3 is 14.7 Å².